The van der Waals surface area contributed by atoms with Crippen molar-refractivity contribution in [3.63, 3.8) is 0 Å². The van der Waals surface area contributed by atoms with Gasteiger partial charge in [0.1, 0.15) is 0 Å². The van der Waals surface area contributed by atoms with E-state index < -0.39 is 22.8 Å². The molecule has 0 saturated heterocycles. The van der Waals surface area contributed by atoms with Gasteiger partial charge in [-0.15, -0.1) is 0 Å². The Morgan fingerprint density at radius 1 is 0.519 bits per heavy atom. The van der Waals surface area contributed by atoms with E-state index in [0.29, 0.717) is 35.5 Å². The Kier molecular flexibility index (Phi) is 4.94. The SMILES string of the molecule is O=C([O-])C12CC3CC(CC(C3)C1)C2.O=C([O-])C12CC3CC(CC(C3)C1)C2.[Co+2]. The van der Waals surface area contributed by atoms with Gasteiger partial charge in [0.25, 0.3) is 0 Å². The molecule has 27 heavy (non-hydrogen) atoms. The first kappa shape index (κ1) is 19.7. The monoisotopic (exact) mass is 417 g/mol. The molecule has 0 amide bonds. The van der Waals surface area contributed by atoms with E-state index in [1.54, 1.807) is 0 Å². The quantitative estimate of drug-likeness (QED) is 0.688. The minimum Gasteiger partial charge on any atom is -0.550 e. The van der Waals surface area contributed by atoms with Gasteiger partial charge in [-0.05, 0) is 113 Å². The molecule has 8 bridgehead atoms. The van der Waals surface area contributed by atoms with Gasteiger partial charge in [0, 0.05) is 22.8 Å². The topological polar surface area (TPSA) is 80.3 Å². The molecule has 5 heteroatoms. The number of hydrogen-bond acceptors (Lipinski definition) is 4. The fourth-order valence-electron chi connectivity index (χ4n) is 8.72. The predicted octanol–water partition coefficient (Wildman–Crippen LogP) is 1.90. The summed E-state index contributed by atoms with van der Waals surface area (Å²) in [4.78, 5) is 22.3. The first-order valence-electron chi connectivity index (χ1n) is 10.8. The van der Waals surface area contributed by atoms with Crippen molar-refractivity contribution in [2.75, 3.05) is 0 Å². The summed E-state index contributed by atoms with van der Waals surface area (Å²) in [7, 11) is 0. The molecule has 0 atom stereocenters. The molecule has 0 heterocycles. The second-order valence-electron chi connectivity index (χ2n) is 11.0. The third-order valence-electron chi connectivity index (χ3n) is 8.94. The summed E-state index contributed by atoms with van der Waals surface area (Å²) in [6.45, 7) is 0. The average Bonchev–Trinajstić information content (AvgIpc) is 2.52. The Bertz CT molecular complexity index is 503. The summed E-state index contributed by atoms with van der Waals surface area (Å²) >= 11 is 0. The second-order valence-corrected chi connectivity index (χ2v) is 11.0. The van der Waals surface area contributed by atoms with Gasteiger partial charge in [-0.3, -0.25) is 0 Å². The van der Waals surface area contributed by atoms with E-state index in [9.17, 15) is 19.8 Å². The first-order chi connectivity index (χ1) is 12.4. The minimum atomic E-state index is -0.758. The van der Waals surface area contributed by atoms with E-state index in [1.807, 2.05) is 0 Å². The third kappa shape index (κ3) is 3.27. The van der Waals surface area contributed by atoms with Gasteiger partial charge in [-0.2, -0.15) is 0 Å². The molecule has 0 aliphatic heterocycles. The van der Waals surface area contributed by atoms with Gasteiger partial charge in [0.05, 0.1) is 0 Å². The number of rotatable bonds is 2. The maximum atomic E-state index is 11.1. The summed E-state index contributed by atoms with van der Waals surface area (Å²) in [5.41, 5.74) is -0.788. The van der Waals surface area contributed by atoms with Crippen LogP contribution < -0.4 is 10.2 Å². The zero-order valence-electron chi connectivity index (χ0n) is 15.9. The van der Waals surface area contributed by atoms with Gasteiger partial charge in [0.2, 0.25) is 0 Å². The van der Waals surface area contributed by atoms with Crippen molar-refractivity contribution in [3.8, 4) is 0 Å². The van der Waals surface area contributed by atoms with E-state index >= 15 is 0 Å². The average molecular weight is 417 g/mol. The number of hydrogen-bond donors (Lipinski definition) is 0. The number of carboxylic acids is 2. The van der Waals surface area contributed by atoms with E-state index in [-0.39, 0.29) is 16.8 Å². The molecule has 0 unspecified atom stereocenters. The van der Waals surface area contributed by atoms with Crippen molar-refractivity contribution in [2.45, 2.75) is 77.0 Å². The molecule has 0 aromatic heterocycles. The van der Waals surface area contributed by atoms with Gasteiger partial charge in [-0.25, -0.2) is 0 Å². The fraction of sp³-hybridized carbons (Fsp3) is 0.909. The molecule has 8 aliphatic carbocycles. The molecule has 8 aliphatic rings. The molecular weight excluding hydrogens is 387 g/mol. The van der Waals surface area contributed by atoms with Gasteiger partial charge >= 0.3 is 16.8 Å². The Balaban J connectivity index is 0.000000129. The molecule has 8 saturated carbocycles. The number of carbonyl (C=O) groups is 2. The number of carboxylic acid groups (broad SMARTS) is 2. The second kappa shape index (κ2) is 6.76. The molecule has 0 N–H and O–H groups in total. The molecule has 0 aromatic carbocycles. The van der Waals surface area contributed by atoms with Crippen molar-refractivity contribution < 1.29 is 36.6 Å². The standard InChI is InChI=1S/2C11H16O2.Co/c2*12-10(13)11-4-7-1-8(5-11)3-9(2-7)6-11;/h2*7-9H,1-6H2,(H,12,13);/q;;+2/p-2. The van der Waals surface area contributed by atoms with Gasteiger partial charge < -0.3 is 19.8 Å². The van der Waals surface area contributed by atoms with Crippen LogP contribution in [-0.4, -0.2) is 11.9 Å². The smallest absolute Gasteiger partial charge is 0.550 e. The van der Waals surface area contributed by atoms with Crippen molar-refractivity contribution >= 4 is 11.9 Å². The molecule has 0 aromatic rings. The van der Waals surface area contributed by atoms with Crippen LogP contribution in [0.3, 0.4) is 0 Å². The first-order valence-corrected chi connectivity index (χ1v) is 10.8. The molecule has 151 valence electrons. The zero-order valence-corrected chi connectivity index (χ0v) is 17.0. The van der Waals surface area contributed by atoms with Crippen LogP contribution in [0.15, 0.2) is 0 Å². The summed E-state index contributed by atoms with van der Waals surface area (Å²) in [5, 5.41) is 22.3. The molecular formula is C22H30CoO4. The third-order valence-corrected chi connectivity index (χ3v) is 8.94. The molecule has 4 nitrogen and oxygen atoms in total. The summed E-state index contributed by atoms with van der Waals surface area (Å²) in [6, 6.07) is 0. The maximum Gasteiger partial charge on any atom is 2.00 e. The van der Waals surface area contributed by atoms with Gasteiger partial charge in [-0.1, -0.05) is 0 Å². The van der Waals surface area contributed by atoms with Crippen molar-refractivity contribution in [1.82, 2.24) is 0 Å². The van der Waals surface area contributed by atoms with Crippen LogP contribution in [-0.2, 0) is 26.4 Å². The van der Waals surface area contributed by atoms with Crippen molar-refractivity contribution in [2.24, 2.45) is 46.3 Å². The van der Waals surface area contributed by atoms with E-state index in [4.69, 9.17) is 0 Å². The molecule has 8 fully saturated rings. The maximum absolute atomic E-state index is 11.1. The Morgan fingerprint density at radius 3 is 0.852 bits per heavy atom. The van der Waals surface area contributed by atoms with Gasteiger partial charge in [0.15, 0.2) is 0 Å². The summed E-state index contributed by atoms with van der Waals surface area (Å²) in [5.74, 6) is 2.76. The Hall–Kier alpha value is -0.554. The van der Waals surface area contributed by atoms with Crippen LogP contribution in [0.4, 0.5) is 0 Å². The van der Waals surface area contributed by atoms with E-state index in [2.05, 4.69) is 0 Å². The van der Waals surface area contributed by atoms with Crippen LogP contribution in [0.2, 0.25) is 0 Å². The predicted molar refractivity (Wildman–Crippen MR) is 91.2 cm³/mol. The Labute approximate surface area is 172 Å². The normalized spacial score (nSPS) is 50.5. The molecule has 8 rings (SSSR count). The van der Waals surface area contributed by atoms with Crippen LogP contribution in [0.1, 0.15) is 77.0 Å². The van der Waals surface area contributed by atoms with E-state index in [0.717, 1.165) is 38.5 Å². The fourth-order valence-corrected chi connectivity index (χ4v) is 8.72. The van der Waals surface area contributed by atoms with Crippen LogP contribution >= 0.6 is 0 Å². The largest absolute Gasteiger partial charge is 2.00 e. The zero-order chi connectivity index (χ0) is 18.1. The number of aliphatic carboxylic acids is 2. The summed E-state index contributed by atoms with van der Waals surface area (Å²) < 4.78 is 0. The molecule has 1 radical (unpaired) electrons. The molecule has 0 spiro atoms. The summed E-state index contributed by atoms with van der Waals surface area (Å²) in [6.07, 6.45) is 13.3. The number of carbonyl (C=O) groups excluding carboxylic acids is 2. The van der Waals surface area contributed by atoms with Crippen molar-refractivity contribution in [3.05, 3.63) is 0 Å². The van der Waals surface area contributed by atoms with E-state index in [1.165, 1.54) is 38.5 Å². The van der Waals surface area contributed by atoms with Crippen LogP contribution in [0, 0.1) is 46.3 Å². The Morgan fingerprint density at radius 2 is 0.704 bits per heavy atom. The van der Waals surface area contributed by atoms with Crippen molar-refractivity contribution in [1.29, 1.82) is 0 Å². The van der Waals surface area contributed by atoms with Crippen LogP contribution in [0.25, 0.3) is 0 Å². The van der Waals surface area contributed by atoms with Crippen LogP contribution in [0.5, 0.6) is 0 Å². The minimum absolute atomic E-state index is 0.